The van der Waals surface area contributed by atoms with E-state index in [1.54, 1.807) is 13.0 Å². The topological polar surface area (TPSA) is 70.3 Å². The molecule has 0 spiro atoms. The van der Waals surface area contributed by atoms with Crippen LogP contribution in [-0.4, -0.2) is 23.3 Å². The number of nitrogens with zero attached hydrogens (tertiary/aromatic N) is 1. The maximum Gasteiger partial charge on any atom is 0.309 e. The third-order valence-electron chi connectivity index (χ3n) is 1.61. The van der Waals surface area contributed by atoms with E-state index >= 15 is 0 Å². The van der Waals surface area contributed by atoms with E-state index in [0.29, 0.717) is 12.8 Å². The highest BCUT2D eigenvalue weighted by atomic mass is 16.5. The van der Waals surface area contributed by atoms with Crippen LogP contribution < -0.4 is 0 Å². The van der Waals surface area contributed by atoms with Gasteiger partial charge in [0.1, 0.15) is 0 Å². The molecule has 0 saturated carbocycles. The average Bonchev–Trinajstić information content (AvgIpc) is 2.05. The Kier molecular flexibility index (Phi) is 5.09. The van der Waals surface area contributed by atoms with Crippen molar-refractivity contribution in [1.29, 1.82) is 5.26 Å². The molecule has 0 heterocycles. The molecular weight excluding hydrogens is 170 g/mol. The van der Waals surface area contributed by atoms with Gasteiger partial charge in [0, 0.05) is 0 Å². The molecule has 1 N–H and O–H groups in total. The molecule has 0 aromatic heterocycles. The second kappa shape index (κ2) is 5.55. The minimum absolute atomic E-state index is 0.245. The van der Waals surface area contributed by atoms with E-state index < -0.39 is 11.6 Å². The third kappa shape index (κ3) is 4.48. The first-order valence-corrected chi connectivity index (χ1v) is 4.37. The summed E-state index contributed by atoms with van der Waals surface area (Å²) in [6, 6.07) is 1.72. The van der Waals surface area contributed by atoms with Crippen molar-refractivity contribution in [3.05, 3.63) is 0 Å². The lowest BCUT2D eigenvalue weighted by atomic mass is 9.96. The van der Waals surface area contributed by atoms with E-state index in [-0.39, 0.29) is 13.0 Å². The summed E-state index contributed by atoms with van der Waals surface area (Å²) in [7, 11) is 0. The molecule has 0 saturated heterocycles. The zero-order chi connectivity index (χ0) is 10.3. The lowest BCUT2D eigenvalue weighted by Gasteiger charge is -2.17. The highest BCUT2D eigenvalue weighted by molar-refractivity contribution is 5.71. The molecule has 0 radical (unpaired) electrons. The van der Waals surface area contributed by atoms with Crippen LogP contribution in [0.5, 0.6) is 0 Å². The number of carbonyl (C=O) groups excluding carboxylic acids is 1. The molecular formula is C9H15NO3. The molecule has 74 valence electrons. The van der Waals surface area contributed by atoms with E-state index in [9.17, 15) is 9.90 Å². The van der Waals surface area contributed by atoms with Crippen LogP contribution in [0.2, 0.25) is 0 Å². The van der Waals surface area contributed by atoms with E-state index in [4.69, 9.17) is 5.26 Å². The van der Waals surface area contributed by atoms with Crippen LogP contribution in [0.4, 0.5) is 0 Å². The van der Waals surface area contributed by atoms with Gasteiger partial charge in [0.2, 0.25) is 0 Å². The Morgan fingerprint density at radius 2 is 2.23 bits per heavy atom. The summed E-state index contributed by atoms with van der Waals surface area (Å²) in [4.78, 5) is 11.0. The van der Waals surface area contributed by atoms with Crippen molar-refractivity contribution in [3.63, 3.8) is 0 Å². The molecule has 4 heteroatoms. The molecule has 1 atom stereocenters. The Bertz CT molecular complexity index is 209. The van der Waals surface area contributed by atoms with Gasteiger partial charge in [-0.1, -0.05) is 13.3 Å². The largest absolute Gasteiger partial charge is 0.466 e. The first kappa shape index (κ1) is 11.9. The average molecular weight is 185 g/mol. The molecule has 0 aliphatic rings. The van der Waals surface area contributed by atoms with Crippen molar-refractivity contribution in [1.82, 2.24) is 0 Å². The lowest BCUT2D eigenvalue weighted by molar-refractivity contribution is -0.147. The number of esters is 1. The molecule has 13 heavy (non-hydrogen) atoms. The molecule has 0 aliphatic heterocycles. The molecule has 0 aromatic carbocycles. The monoisotopic (exact) mass is 185 g/mol. The molecule has 1 unspecified atom stereocenters. The van der Waals surface area contributed by atoms with E-state index in [1.165, 1.54) is 0 Å². The standard InChI is InChI=1S/C9H15NO3/c1-3-5-9(12,7-10)6-8(11)13-4-2/h12H,3-6H2,1-2H3. The molecule has 0 bridgehead atoms. The van der Waals surface area contributed by atoms with Gasteiger partial charge in [-0.15, -0.1) is 0 Å². The molecule has 0 rings (SSSR count). The molecule has 0 amide bonds. The Morgan fingerprint density at radius 1 is 1.62 bits per heavy atom. The summed E-state index contributed by atoms with van der Waals surface area (Å²) in [6.07, 6.45) is 0.705. The van der Waals surface area contributed by atoms with Crippen LogP contribution in [0.15, 0.2) is 0 Å². The fourth-order valence-electron chi connectivity index (χ4n) is 1.05. The quantitative estimate of drug-likeness (QED) is 0.512. The normalized spacial score (nSPS) is 14.3. The first-order valence-electron chi connectivity index (χ1n) is 4.37. The molecule has 0 fully saturated rings. The fourth-order valence-corrected chi connectivity index (χ4v) is 1.05. The van der Waals surface area contributed by atoms with Gasteiger partial charge in [0.25, 0.3) is 0 Å². The third-order valence-corrected chi connectivity index (χ3v) is 1.61. The van der Waals surface area contributed by atoms with Crippen molar-refractivity contribution in [2.24, 2.45) is 0 Å². The molecule has 4 nitrogen and oxygen atoms in total. The van der Waals surface area contributed by atoms with Gasteiger partial charge in [-0.05, 0) is 13.3 Å². The number of carbonyl (C=O) groups is 1. The lowest BCUT2D eigenvalue weighted by Crippen LogP contribution is -2.30. The van der Waals surface area contributed by atoms with Crippen LogP contribution in [-0.2, 0) is 9.53 Å². The van der Waals surface area contributed by atoms with Crippen LogP contribution in [0.25, 0.3) is 0 Å². The van der Waals surface area contributed by atoms with Gasteiger partial charge < -0.3 is 9.84 Å². The van der Waals surface area contributed by atoms with E-state index in [0.717, 1.165) is 0 Å². The van der Waals surface area contributed by atoms with Crippen LogP contribution >= 0.6 is 0 Å². The number of hydrogen-bond donors (Lipinski definition) is 1. The molecule has 0 aliphatic carbocycles. The van der Waals surface area contributed by atoms with Gasteiger partial charge in [-0.3, -0.25) is 4.79 Å². The number of aliphatic hydroxyl groups is 1. The predicted molar refractivity (Wildman–Crippen MR) is 46.7 cm³/mol. The van der Waals surface area contributed by atoms with Crippen LogP contribution in [0.3, 0.4) is 0 Å². The number of hydrogen-bond acceptors (Lipinski definition) is 4. The Labute approximate surface area is 78.1 Å². The Balaban J connectivity index is 4.12. The zero-order valence-corrected chi connectivity index (χ0v) is 8.04. The van der Waals surface area contributed by atoms with Crippen molar-refractivity contribution >= 4 is 5.97 Å². The zero-order valence-electron chi connectivity index (χ0n) is 8.04. The van der Waals surface area contributed by atoms with E-state index in [2.05, 4.69) is 4.74 Å². The summed E-state index contributed by atoms with van der Waals surface area (Å²) in [5.74, 6) is -0.528. The van der Waals surface area contributed by atoms with Crippen molar-refractivity contribution < 1.29 is 14.6 Å². The van der Waals surface area contributed by atoms with Gasteiger partial charge in [-0.25, -0.2) is 0 Å². The second-order valence-corrected chi connectivity index (χ2v) is 2.88. The van der Waals surface area contributed by atoms with E-state index in [1.807, 2.05) is 6.92 Å². The smallest absolute Gasteiger partial charge is 0.309 e. The van der Waals surface area contributed by atoms with Gasteiger partial charge in [0.15, 0.2) is 5.60 Å². The van der Waals surface area contributed by atoms with Crippen molar-refractivity contribution in [2.45, 2.75) is 38.7 Å². The SMILES string of the molecule is CCCC(O)(C#N)CC(=O)OCC. The highest BCUT2D eigenvalue weighted by Crippen LogP contribution is 2.16. The number of ether oxygens (including phenoxy) is 1. The van der Waals surface area contributed by atoms with Crippen molar-refractivity contribution in [3.8, 4) is 6.07 Å². The minimum Gasteiger partial charge on any atom is -0.466 e. The number of nitriles is 1. The van der Waals surface area contributed by atoms with Crippen LogP contribution in [0, 0.1) is 11.3 Å². The Morgan fingerprint density at radius 3 is 2.62 bits per heavy atom. The maximum atomic E-state index is 11.0. The summed E-state index contributed by atoms with van der Waals surface area (Å²) in [5.41, 5.74) is -1.55. The summed E-state index contributed by atoms with van der Waals surface area (Å²) in [5, 5.41) is 18.2. The summed E-state index contributed by atoms with van der Waals surface area (Å²) in [6.45, 7) is 3.79. The minimum atomic E-state index is -1.55. The van der Waals surface area contributed by atoms with Gasteiger partial charge >= 0.3 is 5.97 Å². The maximum absolute atomic E-state index is 11.0. The van der Waals surface area contributed by atoms with Crippen LogP contribution in [0.1, 0.15) is 33.1 Å². The Hall–Kier alpha value is -1.08. The van der Waals surface area contributed by atoms with Gasteiger partial charge in [-0.2, -0.15) is 5.26 Å². The van der Waals surface area contributed by atoms with Crippen molar-refractivity contribution in [2.75, 3.05) is 6.61 Å². The second-order valence-electron chi connectivity index (χ2n) is 2.88. The highest BCUT2D eigenvalue weighted by Gasteiger charge is 2.29. The summed E-state index contributed by atoms with van der Waals surface area (Å²) >= 11 is 0. The molecule has 0 aromatic rings. The fraction of sp³-hybridized carbons (Fsp3) is 0.778. The van der Waals surface area contributed by atoms with Gasteiger partial charge in [0.05, 0.1) is 19.1 Å². The number of rotatable bonds is 5. The predicted octanol–water partition coefficient (Wildman–Crippen LogP) is 0.994. The summed E-state index contributed by atoms with van der Waals surface area (Å²) < 4.78 is 4.64. The first-order chi connectivity index (χ1) is 6.08.